The van der Waals surface area contributed by atoms with Gasteiger partial charge >= 0.3 is 0 Å². The number of rotatable bonds is 1. The van der Waals surface area contributed by atoms with Gasteiger partial charge in [-0.15, -0.1) is 0 Å². The Morgan fingerprint density at radius 1 is 0.812 bits per heavy atom. The maximum absolute atomic E-state index is 3.59. The molecule has 1 aromatic heterocycles. The molecule has 0 aliphatic carbocycles. The molecule has 1 heterocycles. The number of halogens is 1. The maximum Gasteiger partial charge on any atom is 0.0460 e. The average Bonchev–Trinajstić information content (AvgIpc) is 2.74. The van der Waals surface area contributed by atoms with Crippen LogP contribution in [0, 0.1) is 0 Å². The highest BCUT2D eigenvalue weighted by Crippen LogP contribution is 2.33. The Bertz CT molecular complexity index is 640. The van der Waals surface area contributed by atoms with Crippen molar-refractivity contribution in [1.29, 1.82) is 0 Å². The highest BCUT2D eigenvalue weighted by Gasteiger charge is 2.07. The lowest BCUT2D eigenvalue weighted by Crippen LogP contribution is -1.76. The zero-order valence-electron chi connectivity index (χ0n) is 8.57. The van der Waals surface area contributed by atoms with E-state index in [1.807, 2.05) is 12.1 Å². The molecule has 0 radical (unpaired) electrons. The van der Waals surface area contributed by atoms with Gasteiger partial charge in [0.1, 0.15) is 0 Å². The molecule has 78 valence electrons. The number of aromatic amines is 1. The van der Waals surface area contributed by atoms with Crippen LogP contribution in [-0.2, 0) is 0 Å². The lowest BCUT2D eigenvalue weighted by Gasteiger charge is -2.02. The van der Waals surface area contributed by atoms with Crippen LogP contribution in [0.4, 0.5) is 0 Å². The summed E-state index contributed by atoms with van der Waals surface area (Å²) in [7, 11) is 0. The van der Waals surface area contributed by atoms with Gasteiger partial charge in [0.05, 0.1) is 0 Å². The van der Waals surface area contributed by atoms with Crippen molar-refractivity contribution in [2.75, 3.05) is 0 Å². The number of para-hydroxylation sites is 1. The minimum atomic E-state index is 1.12. The number of nitrogens with one attached hydrogen (secondary N) is 1. The van der Waals surface area contributed by atoms with E-state index in [2.05, 4.69) is 63.5 Å². The molecule has 0 fully saturated rings. The minimum Gasteiger partial charge on any atom is -0.361 e. The molecule has 0 aliphatic heterocycles. The zero-order valence-corrected chi connectivity index (χ0v) is 10.2. The zero-order chi connectivity index (χ0) is 11.0. The van der Waals surface area contributed by atoms with Crippen LogP contribution in [-0.4, -0.2) is 4.98 Å². The largest absolute Gasteiger partial charge is 0.361 e. The van der Waals surface area contributed by atoms with E-state index in [4.69, 9.17) is 0 Å². The SMILES string of the molecule is Brc1ccccc1-c1c[nH]c2ccccc12. The second kappa shape index (κ2) is 3.80. The van der Waals surface area contributed by atoms with Gasteiger partial charge in [0, 0.05) is 27.1 Å². The molecule has 1 nitrogen and oxygen atoms in total. The summed E-state index contributed by atoms with van der Waals surface area (Å²) in [6.45, 7) is 0. The fraction of sp³-hybridized carbons (Fsp3) is 0. The monoisotopic (exact) mass is 271 g/mol. The fourth-order valence-electron chi connectivity index (χ4n) is 1.97. The van der Waals surface area contributed by atoms with E-state index in [1.54, 1.807) is 0 Å². The van der Waals surface area contributed by atoms with Gasteiger partial charge in [-0.25, -0.2) is 0 Å². The maximum atomic E-state index is 3.59. The van der Waals surface area contributed by atoms with Crippen LogP contribution in [0.2, 0.25) is 0 Å². The Morgan fingerprint density at radius 2 is 1.56 bits per heavy atom. The molecule has 0 saturated carbocycles. The molecule has 0 spiro atoms. The smallest absolute Gasteiger partial charge is 0.0460 e. The first-order chi connectivity index (χ1) is 7.86. The van der Waals surface area contributed by atoms with Crippen LogP contribution in [0.15, 0.2) is 59.2 Å². The lowest BCUT2D eigenvalue weighted by molar-refractivity contribution is 1.47. The van der Waals surface area contributed by atoms with Gasteiger partial charge in [-0.05, 0) is 17.7 Å². The topological polar surface area (TPSA) is 15.8 Å². The third-order valence-electron chi connectivity index (χ3n) is 2.75. The van der Waals surface area contributed by atoms with Crippen molar-refractivity contribution >= 4 is 26.8 Å². The third kappa shape index (κ3) is 1.46. The molecule has 0 atom stereocenters. The van der Waals surface area contributed by atoms with Gasteiger partial charge in [-0.3, -0.25) is 0 Å². The van der Waals surface area contributed by atoms with E-state index in [0.717, 1.165) is 4.47 Å². The third-order valence-corrected chi connectivity index (χ3v) is 3.44. The van der Waals surface area contributed by atoms with Crippen LogP contribution >= 0.6 is 15.9 Å². The summed E-state index contributed by atoms with van der Waals surface area (Å²) in [5.41, 5.74) is 3.64. The van der Waals surface area contributed by atoms with E-state index in [0.29, 0.717) is 0 Å². The van der Waals surface area contributed by atoms with Crippen molar-refractivity contribution in [1.82, 2.24) is 4.98 Å². The first-order valence-electron chi connectivity index (χ1n) is 5.17. The molecule has 0 aliphatic rings. The summed E-state index contributed by atoms with van der Waals surface area (Å²) in [5.74, 6) is 0. The van der Waals surface area contributed by atoms with E-state index < -0.39 is 0 Å². The fourth-order valence-corrected chi connectivity index (χ4v) is 2.47. The van der Waals surface area contributed by atoms with Gasteiger partial charge < -0.3 is 4.98 Å². The number of H-pyrrole nitrogens is 1. The Hall–Kier alpha value is -1.54. The van der Waals surface area contributed by atoms with Gasteiger partial charge in [0.15, 0.2) is 0 Å². The number of hydrogen-bond donors (Lipinski definition) is 1. The van der Waals surface area contributed by atoms with Crippen molar-refractivity contribution in [2.45, 2.75) is 0 Å². The second-order valence-corrected chi connectivity index (χ2v) is 4.58. The van der Waals surface area contributed by atoms with E-state index in [1.165, 1.54) is 22.0 Å². The molecule has 2 aromatic carbocycles. The van der Waals surface area contributed by atoms with Crippen LogP contribution in [0.1, 0.15) is 0 Å². The van der Waals surface area contributed by atoms with Gasteiger partial charge in [-0.1, -0.05) is 52.3 Å². The molecule has 0 bridgehead atoms. The molecule has 16 heavy (non-hydrogen) atoms. The summed E-state index contributed by atoms with van der Waals surface area (Å²) in [4.78, 5) is 3.29. The lowest BCUT2D eigenvalue weighted by atomic mass is 10.1. The average molecular weight is 272 g/mol. The molecule has 0 saturated heterocycles. The van der Waals surface area contributed by atoms with Crippen molar-refractivity contribution in [3.63, 3.8) is 0 Å². The van der Waals surface area contributed by atoms with E-state index in [-0.39, 0.29) is 0 Å². The summed E-state index contributed by atoms with van der Waals surface area (Å²) >= 11 is 3.59. The first-order valence-corrected chi connectivity index (χ1v) is 5.96. The van der Waals surface area contributed by atoms with Gasteiger partial charge in [-0.2, -0.15) is 0 Å². The Kier molecular flexibility index (Phi) is 2.29. The van der Waals surface area contributed by atoms with Crippen molar-refractivity contribution in [3.05, 3.63) is 59.2 Å². The Morgan fingerprint density at radius 3 is 2.44 bits per heavy atom. The highest BCUT2D eigenvalue weighted by molar-refractivity contribution is 9.10. The molecular weight excluding hydrogens is 262 g/mol. The quantitative estimate of drug-likeness (QED) is 0.666. The summed E-state index contributed by atoms with van der Waals surface area (Å²) < 4.78 is 1.12. The summed E-state index contributed by atoms with van der Waals surface area (Å²) in [5, 5.41) is 1.26. The standard InChI is InChI=1S/C14H10BrN/c15-13-7-3-1-5-10(13)12-9-16-14-8-4-2-6-11(12)14/h1-9,16H. The van der Waals surface area contributed by atoms with Crippen LogP contribution < -0.4 is 0 Å². The summed E-state index contributed by atoms with van der Waals surface area (Å²) in [6.07, 6.45) is 2.06. The number of fused-ring (bicyclic) bond motifs is 1. The molecule has 0 amide bonds. The predicted octanol–water partition coefficient (Wildman–Crippen LogP) is 4.60. The van der Waals surface area contributed by atoms with Crippen molar-refractivity contribution in [2.24, 2.45) is 0 Å². The normalized spacial score (nSPS) is 10.8. The number of hydrogen-bond acceptors (Lipinski definition) is 0. The molecule has 2 heteroatoms. The number of aromatic nitrogens is 1. The highest BCUT2D eigenvalue weighted by atomic mass is 79.9. The Balaban J connectivity index is 2.31. The summed E-state index contributed by atoms with van der Waals surface area (Å²) in [6, 6.07) is 16.6. The molecular formula is C14H10BrN. The van der Waals surface area contributed by atoms with E-state index >= 15 is 0 Å². The van der Waals surface area contributed by atoms with Crippen molar-refractivity contribution < 1.29 is 0 Å². The number of benzene rings is 2. The molecule has 1 N–H and O–H groups in total. The minimum absolute atomic E-state index is 1.12. The molecule has 0 unspecified atom stereocenters. The molecule has 3 rings (SSSR count). The molecule has 3 aromatic rings. The van der Waals surface area contributed by atoms with E-state index in [9.17, 15) is 0 Å². The van der Waals surface area contributed by atoms with Crippen molar-refractivity contribution in [3.8, 4) is 11.1 Å². The van der Waals surface area contributed by atoms with Crippen LogP contribution in [0.25, 0.3) is 22.0 Å². The first kappa shape index (κ1) is 9.67. The van der Waals surface area contributed by atoms with Gasteiger partial charge in [0.2, 0.25) is 0 Å². The second-order valence-electron chi connectivity index (χ2n) is 3.73. The van der Waals surface area contributed by atoms with Gasteiger partial charge in [0.25, 0.3) is 0 Å². The Labute approximate surface area is 102 Å². The predicted molar refractivity (Wildman–Crippen MR) is 71.4 cm³/mol. The van der Waals surface area contributed by atoms with Crippen LogP contribution in [0.5, 0.6) is 0 Å². The van der Waals surface area contributed by atoms with Crippen LogP contribution in [0.3, 0.4) is 0 Å².